The third kappa shape index (κ3) is 3.29. The number of rotatable bonds is 4. The number of hydrogen-bond donors (Lipinski definition) is 1. The monoisotopic (exact) mass is 262 g/mol. The minimum atomic E-state index is 0.236. The quantitative estimate of drug-likeness (QED) is 0.895. The Morgan fingerprint density at radius 2 is 2.11 bits per heavy atom. The molecule has 1 fully saturated rings. The van der Waals surface area contributed by atoms with Gasteiger partial charge in [-0.25, -0.2) is 0 Å². The van der Waals surface area contributed by atoms with Crippen LogP contribution in [0.3, 0.4) is 0 Å². The molecule has 2 nitrogen and oxygen atoms in total. The van der Waals surface area contributed by atoms with Gasteiger partial charge in [-0.05, 0) is 18.9 Å². The minimum absolute atomic E-state index is 0.236. The van der Waals surface area contributed by atoms with Gasteiger partial charge in [0.05, 0.1) is 0 Å². The van der Waals surface area contributed by atoms with Gasteiger partial charge in [-0.1, -0.05) is 55.9 Å². The van der Waals surface area contributed by atoms with Crippen LogP contribution in [0.4, 0.5) is 0 Å². The van der Waals surface area contributed by atoms with E-state index in [9.17, 15) is 0 Å². The Morgan fingerprint density at radius 1 is 1.39 bits per heavy atom. The summed E-state index contributed by atoms with van der Waals surface area (Å²) < 4.78 is 0. The molecule has 0 saturated carbocycles. The lowest BCUT2D eigenvalue weighted by Crippen LogP contribution is -2.39. The maximum Gasteiger partial charge on any atom is 0.157 e. The zero-order valence-electron chi connectivity index (χ0n) is 11.4. The Hall–Kier alpha value is -0.960. The Labute approximate surface area is 114 Å². The van der Waals surface area contributed by atoms with Gasteiger partial charge in [0.2, 0.25) is 0 Å². The number of nitrogens with one attached hydrogen (secondary N) is 1. The number of thioether (sulfide) groups is 1. The fourth-order valence-corrected chi connectivity index (χ4v) is 3.16. The molecule has 0 bridgehead atoms. The molecule has 0 radical (unpaired) electrons. The smallest absolute Gasteiger partial charge is 0.157 e. The Kier molecular flexibility index (Phi) is 4.33. The highest BCUT2D eigenvalue weighted by Gasteiger charge is 2.30. The number of aliphatic imine (C=N–C) groups is 1. The SMILES string of the molecule is CCC1(C)CSC(=NCC(C)c2ccccc2)N1. The van der Waals surface area contributed by atoms with Crippen LogP contribution in [-0.4, -0.2) is 23.0 Å². The lowest BCUT2D eigenvalue weighted by molar-refractivity contribution is 0.466. The Bertz CT molecular complexity index is 416. The van der Waals surface area contributed by atoms with Crippen LogP contribution in [-0.2, 0) is 0 Å². The minimum Gasteiger partial charge on any atom is -0.359 e. The fourth-order valence-electron chi connectivity index (χ4n) is 1.94. The lowest BCUT2D eigenvalue weighted by Gasteiger charge is -2.20. The average Bonchev–Trinajstić information content (AvgIpc) is 2.80. The van der Waals surface area contributed by atoms with Crippen molar-refractivity contribution in [3.63, 3.8) is 0 Å². The molecule has 18 heavy (non-hydrogen) atoms. The fraction of sp³-hybridized carbons (Fsp3) is 0.533. The first-order chi connectivity index (χ1) is 8.63. The molecule has 1 N–H and O–H groups in total. The van der Waals surface area contributed by atoms with Crippen LogP contribution in [0.2, 0.25) is 0 Å². The van der Waals surface area contributed by atoms with Crippen LogP contribution in [0.15, 0.2) is 35.3 Å². The second-order valence-corrected chi connectivity index (χ2v) is 6.25. The van der Waals surface area contributed by atoms with E-state index in [0.717, 1.165) is 23.9 Å². The molecule has 1 aromatic rings. The molecule has 1 aliphatic rings. The second-order valence-electron chi connectivity index (χ2n) is 5.29. The molecule has 1 aliphatic heterocycles. The molecule has 0 spiro atoms. The van der Waals surface area contributed by atoms with E-state index in [4.69, 9.17) is 4.99 Å². The van der Waals surface area contributed by atoms with Gasteiger partial charge in [0.25, 0.3) is 0 Å². The van der Waals surface area contributed by atoms with Crippen molar-refractivity contribution in [2.45, 2.75) is 38.6 Å². The summed E-state index contributed by atoms with van der Waals surface area (Å²) in [5, 5.41) is 4.65. The highest BCUT2D eigenvalue weighted by atomic mass is 32.2. The number of amidine groups is 1. The predicted molar refractivity (Wildman–Crippen MR) is 81.4 cm³/mol. The van der Waals surface area contributed by atoms with Crippen molar-refractivity contribution in [2.24, 2.45) is 4.99 Å². The maximum absolute atomic E-state index is 4.71. The van der Waals surface area contributed by atoms with E-state index in [1.165, 1.54) is 5.56 Å². The molecule has 0 aromatic heterocycles. The van der Waals surface area contributed by atoms with Gasteiger partial charge < -0.3 is 5.32 Å². The molecule has 98 valence electrons. The summed E-state index contributed by atoms with van der Waals surface area (Å²) in [7, 11) is 0. The van der Waals surface area contributed by atoms with E-state index in [1.54, 1.807) is 0 Å². The lowest BCUT2D eigenvalue weighted by atomic mass is 10.0. The van der Waals surface area contributed by atoms with Gasteiger partial charge in [0, 0.05) is 23.8 Å². The van der Waals surface area contributed by atoms with Gasteiger partial charge >= 0.3 is 0 Å². The Morgan fingerprint density at radius 3 is 2.72 bits per heavy atom. The van der Waals surface area contributed by atoms with Crippen LogP contribution in [0, 0.1) is 0 Å². The highest BCUT2D eigenvalue weighted by molar-refractivity contribution is 8.14. The zero-order chi connectivity index (χ0) is 13.0. The maximum atomic E-state index is 4.71. The van der Waals surface area contributed by atoms with E-state index in [1.807, 2.05) is 11.8 Å². The molecule has 0 aliphatic carbocycles. The zero-order valence-corrected chi connectivity index (χ0v) is 12.3. The van der Waals surface area contributed by atoms with Crippen LogP contribution < -0.4 is 5.32 Å². The first kappa shape index (κ1) is 13.5. The summed E-state index contributed by atoms with van der Waals surface area (Å²) >= 11 is 1.85. The molecule has 1 heterocycles. The number of hydrogen-bond acceptors (Lipinski definition) is 2. The van der Waals surface area contributed by atoms with Crippen LogP contribution in [0.5, 0.6) is 0 Å². The van der Waals surface area contributed by atoms with Crippen molar-refractivity contribution in [1.29, 1.82) is 0 Å². The third-order valence-electron chi connectivity index (χ3n) is 3.59. The van der Waals surface area contributed by atoms with Crippen molar-refractivity contribution in [2.75, 3.05) is 12.3 Å². The molecule has 2 unspecified atom stereocenters. The normalized spacial score (nSPS) is 27.2. The van der Waals surface area contributed by atoms with E-state index >= 15 is 0 Å². The molecular formula is C15H22N2S. The summed E-state index contributed by atoms with van der Waals surface area (Å²) in [6.45, 7) is 7.59. The van der Waals surface area contributed by atoms with Crippen molar-refractivity contribution in [3.05, 3.63) is 35.9 Å². The Balaban J connectivity index is 1.92. The molecule has 0 amide bonds. The first-order valence-electron chi connectivity index (χ1n) is 6.63. The summed E-state index contributed by atoms with van der Waals surface area (Å²) in [6.07, 6.45) is 1.15. The molecule has 1 saturated heterocycles. The van der Waals surface area contributed by atoms with Gasteiger partial charge in [-0.3, -0.25) is 4.99 Å². The highest BCUT2D eigenvalue weighted by Crippen LogP contribution is 2.26. The number of benzene rings is 1. The van der Waals surface area contributed by atoms with Crippen molar-refractivity contribution in [1.82, 2.24) is 5.32 Å². The van der Waals surface area contributed by atoms with Crippen molar-refractivity contribution in [3.8, 4) is 0 Å². The largest absolute Gasteiger partial charge is 0.359 e. The topological polar surface area (TPSA) is 24.4 Å². The van der Waals surface area contributed by atoms with E-state index in [0.29, 0.717) is 5.92 Å². The van der Waals surface area contributed by atoms with Crippen molar-refractivity contribution >= 4 is 16.9 Å². The van der Waals surface area contributed by atoms with Crippen LogP contribution in [0.25, 0.3) is 0 Å². The van der Waals surface area contributed by atoms with E-state index in [2.05, 4.69) is 56.4 Å². The second kappa shape index (κ2) is 5.79. The van der Waals surface area contributed by atoms with E-state index in [-0.39, 0.29) is 5.54 Å². The third-order valence-corrected chi connectivity index (χ3v) is 4.88. The average molecular weight is 262 g/mol. The van der Waals surface area contributed by atoms with E-state index < -0.39 is 0 Å². The summed E-state index contributed by atoms with van der Waals surface area (Å²) in [5.41, 5.74) is 1.60. The molecule has 2 rings (SSSR count). The number of nitrogens with zero attached hydrogens (tertiary/aromatic N) is 1. The molecule has 2 atom stereocenters. The first-order valence-corrected chi connectivity index (χ1v) is 7.62. The molecule has 3 heteroatoms. The van der Waals surface area contributed by atoms with Crippen LogP contribution >= 0.6 is 11.8 Å². The molecular weight excluding hydrogens is 240 g/mol. The predicted octanol–water partition coefficient (Wildman–Crippen LogP) is 3.65. The summed E-state index contributed by atoms with van der Waals surface area (Å²) in [4.78, 5) is 4.71. The summed E-state index contributed by atoms with van der Waals surface area (Å²) in [6, 6.07) is 10.6. The van der Waals surface area contributed by atoms with Gasteiger partial charge in [0.15, 0.2) is 5.17 Å². The standard InChI is InChI=1S/C15H22N2S/c1-4-15(3)11-18-14(17-15)16-10-12(2)13-8-6-5-7-9-13/h5-9,12H,4,10-11H2,1-3H3,(H,16,17). The van der Waals surface area contributed by atoms with Gasteiger partial charge in [-0.2, -0.15) is 0 Å². The van der Waals surface area contributed by atoms with Gasteiger partial charge in [-0.15, -0.1) is 0 Å². The van der Waals surface area contributed by atoms with Crippen molar-refractivity contribution < 1.29 is 0 Å². The summed E-state index contributed by atoms with van der Waals surface area (Å²) in [5.74, 6) is 1.61. The molecule has 1 aromatic carbocycles. The van der Waals surface area contributed by atoms with Gasteiger partial charge in [0.1, 0.15) is 0 Å². The van der Waals surface area contributed by atoms with Crippen LogP contribution in [0.1, 0.15) is 38.7 Å².